The van der Waals surface area contributed by atoms with Crippen LogP contribution < -0.4 is 21.5 Å². The molecule has 28 heteroatoms. The number of nitrogens with one attached hydrogen (secondary N) is 2. The number of nitriles is 2. The molecule has 350 valence electrons. The first-order valence-electron chi connectivity index (χ1n) is 19.6. The number of hydrogen-bond acceptors (Lipinski definition) is 22. The van der Waals surface area contributed by atoms with Crippen LogP contribution in [0.1, 0.15) is 89.4 Å². The van der Waals surface area contributed by atoms with Crippen molar-refractivity contribution in [3.8, 4) is 41.2 Å². The molecule has 0 atom stereocenters. The number of aromatic carboxylic acids is 3. The van der Waals surface area contributed by atoms with Gasteiger partial charge in [0.2, 0.25) is 5.95 Å². The molecule has 0 amide bonds. The van der Waals surface area contributed by atoms with Gasteiger partial charge in [-0.3, -0.25) is 4.79 Å². The third-order valence-electron chi connectivity index (χ3n) is 9.34. The molecule has 6 aromatic rings. The van der Waals surface area contributed by atoms with Crippen LogP contribution in [0.3, 0.4) is 0 Å². The summed E-state index contributed by atoms with van der Waals surface area (Å²) in [5.74, 6) is -6.32. The Bertz CT molecular complexity index is 3270. The lowest BCUT2D eigenvalue weighted by Gasteiger charge is -2.21. The van der Waals surface area contributed by atoms with Gasteiger partial charge in [-0.1, -0.05) is 41.5 Å². The van der Waals surface area contributed by atoms with Gasteiger partial charge in [-0.2, -0.15) is 45.5 Å². The number of hydrogen-bond donors (Lipinski definition) is 8. The van der Waals surface area contributed by atoms with E-state index in [-0.39, 0.29) is 86.5 Å². The summed E-state index contributed by atoms with van der Waals surface area (Å²) >= 11 is 0. The van der Waals surface area contributed by atoms with Crippen LogP contribution in [-0.2, 0) is 10.2 Å². The number of rotatable bonds is 15. The number of nitrogens with zero attached hydrogens (tertiary/aromatic N) is 15. The maximum Gasteiger partial charge on any atom is 0.335 e. The molecule has 0 aliphatic carbocycles. The number of carboxylic acids is 3. The average Bonchev–Trinajstić information content (AvgIpc) is 3.99. The predicted octanol–water partition coefficient (Wildman–Crippen LogP) is 5.19. The van der Waals surface area contributed by atoms with Gasteiger partial charge in [-0.05, 0) is 30.3 Å². The van der Waals surface area contributed by atoms with Crippen molar-refractivity contribution in [3.05, 3.63) is 93.8 Å². The molecule has 0 saturated carbocycles. The van der Waals surface area contributed by atoms with E-state index in [0.717, 1.165) is 50.7 Å². The predicted molar refractivity (Wildman–Crippen MR) is 237 cm³/mol. The van der Waals surface area contributed by atoms with Gasteiger partial charge in [0, 0.05) is 16.9 Å². The van der Waals surface area contributed by atoms with Gasteiger partial charge >= 0.3 is 23.9 Å². The number of azo groups is 2. The monoisotopic (exact) mass is 939 g/mol. The van der Waals surface area contributed by atoms with Crippen molar-refractivity contribution in [2.75, 3.05) is 11.1 Å². The van der Waals surface area contributed by atoms with Crippen molar-refractivity contribution in [2.45, 2.75) is 47.0 Å². The van der Waals surface area contributed by atoms with E-state index in [9.17, 15) is 50.1 Å². The number of nitrogens with two attached hydrogens (primary N) is 2. The third-order valence-corrected chi connectivity index (χ3v) is 9.34. The summed E-state index contributed by atoms with van der Waals surface area (Å²) in [6.07, 6.45) is 2.23. The Balaban J connectivity index is 1.43. The van der Waals surface area contributed by atoms with Gasteiger partial charge in [0.25, 0.3) is 12.4 Å². The fourth-order valence-electron chi connectivity index (χ4n) is 6.00. The Hall–Kier alpha value is -10.3. The molecule has 0 fully saturated rings. The minimum atomic E-state index is -1.44. The molecule has 10 N–H and O–H groups in total. The summed E-state index contributed by atoms with van der Waals surface area (Å²) in [4.78, 5) is 58.8. The highest BCUT2D eigenvalue weighted by Gasteiger charge is 2.30. The molecular formula is C41H37N19O9. The number of nitrogen functional groups attached to an aromatic ring is 1. The minimum absolute atomic E-state index is 0.0380. The zero-order valence-corrected chi connectivity index (χ0v) is 36.9. The maximum absolute atomic E-state index is 11.9. The molecule has 0 spiro atoms. The maximum atomic E-state index is 11.9. The summed E-state index contributed by atoms with van der Waals surface area (Å²) in [5, 5.41) is 101. The molecule has 0 radical (unpaired) electrons. The first kappa shape index (κ1) is 48.2. The number of benzene rings is 2. The Morgan fingerprint density at radius 3 is 1.84 bits per heavy atom. The lowest BCUT2D eigenvalue weighted by molar-refractivity contribution is -0.120. The molecule has 0 aliphatic rings. The van der Waals surface area contributed by atoms with Gasteiger partial charge in [0.05, 0.1) is 51.9 Å². The number of carbonyl (C=O) groups is 4. The smallest absolute Gasteiger partial charge is 0.335 e. The summed E-state index contributed by atoms with van der Waals surface area (Å²) in [6, 6.07) is 9.68. The highest BCUT2D eigenvalue weighted by Crippen LogP contribution is 2.39. The molecule has 6 rings (SSSR count). The largest absolute Gasteiger partial charge is 0.479 e. The molecule has 4 heterocycles. The van der Waals surface area contributed by atoms with Crippen LogP contribution in [0.2, 0.25) is 0 Å². The van der Waals surface area contributed by atoms with Crippen molar-refractivity contribution in [2.24, 2.45) is 31.6 Å². The number of carboxylic acid groups (broad SMARTS) is 3. The van der Waals surface area contributed by atoms with Gasteiger partial charge in [0.15, 0.2) is 23.1 Å². The Morgan fingerprint density at radius 2 is 1.33 bits per heavy atom. The van der Waals surface area contributed by atoms with Crippen molar-refractivity contribution in [1.29, 1.82) is 15.9 Å². The van der Waals surface area contributed by atoms with Gasteiger partial charge in [-0.15, -0.1) is 20.5 Å². The zero-order valence-electron chi connectivity index (χ0n) is 36.9. The number of ether oxygens (including phenoxy) is 1. The number of anilines is 2. The van der Waals surface area contributed by atoms with E-state index in [1.54, 1.807) is 41.5 Å². The highest BCUT2D eigenvalue weighted by atomic mass is 16.5. The third kappa shape index (κ3) is 10.2. The number of allylic oxidation sites excluding steroid dienone is 1. The summed E-state index contributed by atoms with van der Waals surface area (Å²) in [7, 11) is 0. The summed E-state index contributed by atoms with van der Waals surface area (Å²) in [5.41, 5.74) is 9.51. The molecule has 0 unspecified atom stereocenters. The second-order valence-corrected chi connectivity index (χ2v) is 16.3. The molecule has 0 aliphatic heterocycles. The molecule has 0 saturated heterocycles. The summed E-state index contributed by atoms with van der Waals surface area (Å²) in [6.45, 7) is 10.4. The second-order valence-electron chi connectivity index (χ2n) is 16.3. The van der Waals surface area contributed by atoms with Gasteiger partial charge < -0.3 is 47.4 Å². The Labute approximate surface area is 387 Å². The van der Waals surface area contributed by atoms with Crippen molar-refractivity contribution >= 4 is 59.2 Å². The van der Waals surface area contributed by atoms with E-state index >= 15 is 0 Å². The van der Waals surface area contributed by atoms with E-state index in [1.165, 1.54) is 12.1 Å². The van der Waals surface area contributed by atoms with E-state index in [2.05, 4.69) is 56.0 Å². The minimum Gasteiger partial charge on any atom is -0.479 e. The van der Waals surface area contributed by atoms with E-state index < -0.39 is 57.6 Å². The first-order valence-corrected chi connectivity index (χ1v) is 19.6. The van der Waals surface area contributed by atoms with Crippen molar-refractivity contribution < 1.29 is 44.3 Å². The van der Waals surface area contributed by atoms with Crippen LogP contribution in [-0.4, -0.2) is 94.8 Å². The van der Waals surface area contributed by atoms with E-state index in [0.29, 0.717) is 0 Å². The standard InChI is InChI=1S/C41H37N19O9/c1-40(2,3)28(44)26(53-55-32-21(13-42)15-47-58(32)23-8-18(34(62)63)7-19(9-23)35(64)65)30(45)49-37-50-38(52-39(68)51-37)60-31(46)27(29(57-60)41(4,5)6)54-56-33-22(14-43)16-48-59(33)24-10-20(36(66)67)11-25(12-24)69-17-61/h7-12,15-17,44H,45-46H2,1-6H3,(H,62,63)(H,64,65)(H,66,67)(H2,49,50,51,52,68)/b30-26+,44-28?,55-53?,56-54?. The fraction of sp³-hybridized carbons (Fsp3) is 0.195. The Morgan fingerprint density at radius 1 is 0.797 bits per heavy atom. The second kappa shape index (κ2) is 18.7. The molecular weight excluding hydrogens is 903 g/mol. The SMILES string of the molecule is CC(C)(C)C(=N)/C(N=Nc1c(C#N)cnn1-c1cc(C(=O)O)cc(C(=O)O)c1)=C(/N)Nc1nc(O)nc(-n2nc(C(C)(C)C)c(N=Nc3c(C#N)cnn3-c3cc(OC=O)cc(C(=O)O)c3)c2N)n1. The highest BCUT2D eigenvalue weighted by molar-refractivity contribution is 6.02. The van der Waals surface area contributed by atoms with E-state index in [4.69, 9.17) is 21.6 Å². The van der Waals surface area contributed by atoms with Crippen LogP contribution in [0.4, 0.5) is 29.1 Å². The molecule has 69 heavy (non-hydrogen) atoms. The fourth-order valence-corrected chi connectivity index (χ4v) is 6.00. The van der Waals surface area contributed by atoms with Crippen LogP contribution >= 0.6 is 0 Å². The number of aromatic hydroxyl groups is 1. The number of aromatic nitrogens is 9. The molecule has 2 aromatic carbocycles. The molecule has 4 aromatic heterocycles. The van der Waals surface area contributed by atoms with Gasteiger partial charge in [-0.25, -0.2) is 23.7 Å². The molecule has 28 nitrogen and oxygen atoms in total. The average molecular weight is 940 g/mol. The first-order chi connectivity index (χ1) is 32.4. The van der Waals surface area contributed by atoms with Gasteiger partial charge in [0.1, 0.15) is 40.5 Å². The van der Waals surface area contributed by atoms with Crippen LogP contribution in [0.15, 0.2) is 80.8 Å². The van der Waals surface area contributed by atoms with Crippen LogP contribution in [0.5, 0.6) is 11.8 Å². The van der Waals surface area contributed by atoms with E-state index in [1.807, 2.05) is 12.1 Å². The topological polar surface area (TPSA) is 436 Å². The van der Waals surface area contributed by atoms with Crippen LogP contribution in [0.25, 0.3) is 17.3 Å². The van der Waals surface area contributed by atoms with Crippen LogP contribution in [0, 0.1) is 33.5 Å². The lowest BCUT2D eigenvalue weighted by Crippen LogP contribution is -2.26. The molecule has 0 bridgehead atoms. The Kier molecular flexibility index (Phi) is 13.1. The quantitative estimate of drug-likeness (QED) is 0.0373. The lowest BCUT2D eigenvalue weighted by atomic mass is 9.88. The van der Waals surface area contributed by atoms with Crippen molar-refractivity contribution in [1.82, 2.24) is 44.3 Å². The normalized spacial score (nSPS) is 12.1. The van der Waals surface area contributed by atoms with Crippen molar-refractivity contribution in [3.63, 3.8) is 0 Å². The number of carbonyl (C=O) groups excluding carboxylic acids is 1. The summed E-state index contributed by atoms with van der Waals surface area (Å²) < 4.78 is 7.94. The zero-order chi connectivity index (χ0) is 50.7.